The Morgan fingerprint density at radius 2 is 2.04 bits per heavy atom. The summed E-state index contributed by atoms with van der Waals surface area (Å²) in [5.41, 5.74) is 4.47. The largest absolute Gasteiger partial charge is 0.358 e. The van der Waals surface area contributed by atoms with Crippen LogP contribution in [0.2, 0.25) is 0 Å². The van der Waals surface area contributed by atoms with Crippen molar-refractivity contribution in [2.75, 3.05) is 5.32 Å². The van der Waals surface area contributed by atoms with E-state index < -0.39 is 0 Å². The molecule has 5 heteroatoms. The lowest BCUT2D eigenvalue weighted by Gasteiger charge is -2.07. The van der Waals surface area contributed by atoms with Crippen molar-refractivity contribution in [3.63, 3.8) is 0 Å². The number of nitrogens with zero attached hydrogens (tertiary/aromatic N) is 1. The van der Waals surface area contributed by atoms with E-state index in [2.05, 4.69) is 21.8 Å². The summed E-state index contributed by atoms with van der Waals surface area (Å²) < 4.78 is 15.7. The Kier molecular flexibility index (Phi) is 3.99. The van der Waals surface area contributed by atoms with Gasteiger partial charge in [0.1, 0.15) is 5.82 Å². The number of aryl methyl sites for hydroxylation is 2. The fraction of sp³-hybridized carbons (Fsp3) is 0.190. The van der Waals surface area contributed by atoms with Gasteiger partial charge in [0.05, 0.1) is 6.42 Å². The van der Waals surface area contributed by atoms with Crippen LogP contribution >= 0.6 is 0 Å². The number of H-pyrrole nitrogens is 1. The zero-order valence-corrected chi connectivity index (χ0v) is 14.8. The molecule has 2 N–H and O–H groups in total. The number of fused-ring (bicyclic) bond motifs is 2. The Balaban J connectivity index is 1.58. The monoisotopic (exact) mass is 349 g/mol. The lowest BCUT2D eigenvalue weighted by molar-refractivity contribution is -0.115. The van der Waals surface area contributed by atoms with Crippen LogP contribution in [0.4, 0.5) is 10.1 Å². The standard InChI is InChI=1S/C21H20FN3O/c1-3-25-9-8-14-10-16(5-7-20(14)25)24-21(26)12-17-13(2)23-19-6-4-15(22)11-18(17)19/h4-11,23H,3,12H2,1-2H3,(H,24,26). The average molecular weight is 349 g/mol. The summed E-state index contributed by atoms with van der Waals surface area (Å²) in [6.07, 6.45) is 2.24. The first kappa shape index (κ1) is 16.4. The summed E-state index contributed by atoms with van der Waals surface area (Å²) in [5.74, 6) is -0.420. The van der Waals surface area contributed by atoms with Crippen LogP contribution in [0.5, 0.6) is 0 Å². The normalized spacial score (nSPS) is 11.3. The smallest absolute Gasteiger partial charge is 0.228 e. The summed E-state index contributed by atoms with van der Waals surface area (Å²) in [6.45, 7) is 4.91. The van der Waals surface area contributed by atoms with Gasteiger partial charge < -0.3 is 14.9 Å². The van der Waals surface area contributed by atoms with Crippen LogP contribution in [0, 0.1) is 12.7 Å². The van der Waals surface area contributed by atoms with E-state index in [1.165, 1.54) is 12.1 Å². The maximum absolute atomic E-state index is 13.6. The summed E-state index contributed by atoms with van der Waals surface area (Å²) in [5, 5.41) is 4.80. The Labute approximate surface area is 150 Å². The van der Waals surface area contributed by atoms with Crippen LogP contribution in [0.3, 0.4) is 0 Å². The second kappa shape index (κ2) is 6.33. The molecule has 0 unspecified atom stereocenters. The molecule has 0 aliphatic rings. The van der Waals surface area contributed by atoms with E-state index in [0.29, 0.717) is 0 Å². The van der Waals surface area contributed by atoms with Gasteiger partial charge in [-0.1, -0.05) is 0 Å². The molecule has 0 atom stereocenters. The topological polar surface area (TPSA) is 49.8 Å². The minimum absolute atomic E-state index is 0.118. The van der Waals surface area contributed by atoms with Crippen molar-refractivity contribution in [2.45, 2.75) is 26.8 Å². The van der Waals surface area contributed by atoms with Crippen LogP contribution in [0.25, 0.3) is 21.8 Å². The number of amides is 1. The van der Waals surface area contributed by atoms with E-state index in [4.69, 9.17) is 0 Å². The second-order valence-corrected chi connectivity index (χ2v) is 6.52. The van der Waals surface area contributed by atoms with Crippen molar-refractivity contribution >= 4 is 33.4 Å². The summed E-state index contributed by atoms with van der Waals surface area (Å²) in [7, 11) is 0. The Hall–Kier alpha value is -3.08. The molecule has 2 aromatic carbocycles. The molecule has 2 heterocycles. The highest BCUT2D eigenvalue weighted by atomic mass is 19.1. The molecule has 2 aromatic heterocycles. The summed E-state index contributed by atoms with van der Waals surface area (Å²) in [4.78, 5) is 15.7. The molecule has 4 nitrogen and oxygen atoms in total. The number of aromatic amines is 1. The number of anilines is 1. The number of carbonyl (C=O) groups excluding carboxylic acids is 1. The van der Waals surface area contributed by atoms with Crippen LogP contribution in [0.1, 0.15) is 18.2 Å². The lowest BCUT2D eigenvalue weighted by Crippen LogP contribution is -2.14. The van der Waals surface area contributed by atoms with E-state index in [1.54, 1.807) is 6.07 Å². The lowest BCUT2D eigenvalue weighted by atomic mass is 10.1. The molecule has 0 bridgehead atoms. The van der Waals surface area contributed by atoms with Gasteiger partial charge in [-0.3, -0.25) is 4.79 Å². The highest BCUT2D eigenvalue weighted by molar-refractivity contribution is 5.98. The van der Waals surface area contributed by atoms with Gasteiger partial charge in [-0.25, -0.2) is 4.39 Å². The number of carbonyl (C=O) groups is 1. The van der Waals surface area contributed by atoms with Crippen molar-refractivity contribution in [3.05, 3.63) is 65.7 Å². The van der Waals surface area contributed by atoms with Crippen LogP contribution in [-0.2, 0) is 17.8 Å². The van der Waals surface area contributed by atoms with Gasteiger partial charge in [-0.05, 0) is 61.9 Å². The maximum atomic E-state index is 13.6. The number of rotatable bonds is 4. The fourth-order valence-corrected chi connectivity index (χ4v) is 3.50. The van der Waals surface area contributed by atoms with Crippen molar-refractivity contribution in [1.29, 1.82) is 0 Å². The summed E-state index contributed by atoms with van der Waals surface area (Å²) in [6, 6.07) is 12.5. The van der Waals surface area contributed by atoms with Gasteiger partial charge in [0.2, 0.25) is 5.91 Å². The molecule has 0 fully saturated rings. The van der Waals surface area contributed by atoms with E-state index in [1.807, 2.05) is 37.4 Å². The van der Waals surface area contributed by atoms with Crippen molar-refractivity contribution in [1.82, 2.24) is 9.55 Å². The fourth-order valence-electron chi connectivity index (χ4n) is 3.50. The third kappa shape index (κ3) is 2.86. The quantitative estimate of drug-likeness (QED) is 0.548. The van der Waals surface area contributed by atoms with E-state index >= 15 is 0 Å². The van der Waals surface area contributed by atoms with E-state index in [0.717, 1.165) is 45.3 Å². The van der Waals surface area contributed by atoms with Gasteiger partial charge >= 0.3 is 0 Å². The predicted octanol–water partition coefficient (Wildman–Crippen LogP) is 4.77. The Bertz CT molecular complexity index is 1120. The number of aromatic nitrogens is 2. The first-order valence-corrected chi connectivity index (χ1v) is 8.70. The van der Waals surface area contributed by atoms with Gasteiger partial charge in [-0.2, -0.15) is 0 Å². The van der Waals surface area contributed by atoms with E-state index in [-0.39, 0.29) is 18.1 Å². The van der Waals surface area contributed by atoms with Crippen molar-refractivity contribution < 1.29 is 9.18 Å². The highest BCUT2D eigenvalue weighted by Gasteiger charge is 2.14. The number of benzene rings is 2. The SMILES string of the molecule is CCn1ccc2cc(NC(=O)Cc3c(C)[nH]c4ccc(F)cc34)ccc21. The van der Waals surface area contributed by atoms with Crippen molar-refractivity contribution in [2.24, 2.45) is 0 Å². The van der Waals surface area contributed by atoms with Crippen LogP contribution in [-0.4, -0.2) is 15.5 Å². The van der Waals surface area contributed by atoms with Gasteiger partial charge in [0.15, 0.2) is 0 Å². The molecule has 4 rings (SSSR count). The third-order valence-corrected chi connectivity index (χ3v) is 4.81. The molecular weight excluding hydrogens is 329 g/mol. The molecule has 4 aromatic rings. The number of hydrogen-bond donors (Lipinski definition) is 2. The first-order valence-electron chi connectivity index (χ1n) is 8.70. The van der Waals surface area contributed by atoms with Crippen LogP contribution in [0.15, 0.2) is 48.7 Å². The second-order valence-electron chi connectivity index (χ2n) is 6.52. The average Bonchev–Trinajstić information content (AvgIpc) is 3.16. The minimum Gasteiger partial charge on any atom is -0.358 e. The first-order chi connectivity index (χ1) is 12.5. The van der Waals surface area contributed by atoms with E-state index in [9.17, 15) is 9.18 Å². The zero-order chi connectivity index (χ0) is 18.3. The minimum atomic E-state index is -0.302. The Morgan fingerprint density at radius 3 is 2.85 bits per heavy atom. The molecular formula is C21H20FN3O. The summed E-state index contributed by atoms with van der Waals surface area (Å²) >= 11 is 0. The number of halogens is 1. The number of hydrogen-bond acceptors (Lipinski definition) is 1. The highest BCUT2D eigenvalue weighted by Crippen LogP contribution is 2.25. The Morgan fingerprint density at radius 1 is 1.19 bits per heavy atom. The molecule has 132 valence electrons. The predicted molar refractivity (Wildman–Crippen MR) is 103 cm³/mol. The van der Waals surface area contributed by atoms with Gasteiger partial charge in [0, 0.05) is 45.9 Å². The molecule has 26 heavy (non-hydrogen) atoms. The number of nitrogens with one attached hydrogen (secondary N) is 2. The molecule has 0 spiro atoms. The molecule has 0 aliphatic heterocycles. The molecule has 1 amide bonds. The maximum Gasteiger partial charge on any atom is 0.228 e. The third-order valence-electron chi connectivity index (χ3n) is 4.81. The zero-order valence-electron chi connectivity index (χ0n) is 14.8. The van der Waals surface area contributed by atoms with Gasteiger partial charge in [0.25, 0.3) is 0 Å². The molecule has 0 saturated carbocycles. The molecule has 0 radical (unpaired) electrons. The van der Waals surface area contributed by atoms with Crippen LogP contribution < -0.4 is 5.32 Å². The molecule has 0 aliphatic carbocycles. The molecule has 0 saturated heterocycles. The van der Waals surface area contributed by atoms with Crippen molar-refractivity contribution in [3.8, 4) is 0 Å². The van der Waals surface area contributed by atoms with Gasteiger partial charge in [-0.15, -0.1) is 0 Å².